The highest BCUT2D eigenvalue weighted by Gasteiger charge is 2.35. The summed E-state index contributed by atoms with van der Waals surface area (Å²) < 4.78 is 33.7. The molecule has 1 aromatic carbocycles. The fourth-order valence-electron chi connectivity index (χ4n) is 3.88. The Labute approximate surface area is 189 Å². The van der Waals surface area contributed by atoms with Crippen LogP contribution in [0.4, 0.5) is 0 Å². The number of rotatable bonds is 9. The van der Waals surface area contributed by atoms with Crippen LogP contribution in [0.3, 0.4) is 0 Å². The lowest BCUT2D eigenvalue weighted by Crippen LogP contribution is -2.33. The van der Waals surface area contributed by atoms with E-state index in [4.69, 9.17) is 4.42 Å². The van der Waals surface area contributed by atoms with Gasteiger partial charge in [-0.1, -0.05) is 43.7 Å². The average molecular weight is 456 g/mol. The smallest absolute Gasteiger partial charge is 0.290 e. The molecule has 1 saturated carbocycles. The third-order valence-electron chi connectivity index (χ3n) is 5.48. The molecule has 0 saturated heterocycles. The van der Waals surface area contributed by atoms with Gasteiger partial charge in [-0.05, 0) is 43.4 Å². The molecule has 4 rings (SSSR count). The normalized spacial score (nSPS) is 14.1. The number of aromatic nitrogens is 2. The van der Waals surface area contributed by atoms with Crippen molar-refractivity contribution in [1.29, 1.82) is 0 Å². The highest BCUT2D eigenvalue weighted by atomic mass is 32.2. The maximum atomic E-state index is 13.3. The highest BCUT2D eigenvalue weighted by molar-refractivity contribution is 7.90. The van der Waals surface area contributed by atoms with E-state index in [-0.39, 0.29) is 28.8 Å². The lowest BCUT2D eigenvalue weighted by Gasteiger charge is -2.23. The van der Waals surface area contributed by atoms with Crippen molar-refractivity contribution in [3.05, 3.63) is 71.4 Å². The molecule has 0 spiro atoms. The van der Waals surface area contributed by atoms with Gasteiger partial charge in [0.2, 0.25) is 15.0 Å². The Bertz CT molecular complexity index is 1190. The van der Waals surface area contributed by atoms with Crippen LogP contribution in [0.25, 0.3) is 0 Å². The average Bonchev–Trinajstić information content (AvgIpc) is 3.25. The van der Waals surface area contributed by atoms with Crippen molar-refractivity contribution in [3.63, 3.8) is 0 Å². The van der Waals surface area contributed by atoms with Gasteiger partial charge < -0.3 is 13.9 Å². The molecule has 3 aromatic rings. The second-order valence-corrected chi connectivity index (χ2v) is 10.8. The Hall–Kier alpha value is -2.87. The second kappa shape index (κ2) is 8.94. The zero-order valence-electron chi connectivity index (χ0n) is 18.7. The van der Waals surface area contributed by atoms with E-state index >= 15 is 0 Å². The Morgan fingerprint density at radius 3 is 2.66 bits per heavy atom. The molecule has 2 aromatic heterocycles. The summed E-state index contributed by atoms with van der Waals surface area (Å²) >= 11 is 0. The fourth-order valence-corrected chi connectivity index (χ4v) is 5.37. The lowest BCUT2D eigenvalue weighted by molar-refractivity contribution is 0.0692. The number of nitrogens with zero attached hydrogens (tertiary/aromatic N) is 3. The molecule has 170 valence electrons. The maximum absolute atomic E-state index is 13.3. The molecule has 32 heavy (non-hydrogen) atoms. The molecule has 0 bridgehead atoms. The molecule has 1 aliphatic carbocycles. The van der Waals surface area contributed by atoms with Gasteiger partial charge in [0.25, 0.3) is 5.91 Å². The van der Waals surface area contributed by atoms with Crippen molar-refractivity contribution >= 4 is 15.7 Å². The Balaban J connectivity index is 1.65. The van der Waals surface area contributed by atoms with E-state index in [0.717, 1.165) is 24.0 Å². The monoisotopic (exact) mass is 455 g/mol. The van der Waals surface area contributed by atoms with Gasteiger partial charge in [0.1, 0.15) is 0 Å². The summed E-state index contributed by atoms with van der Waals surface area (Å²) in [5.74, 6) is 0.213. The molecule has 0 aliphatic heterocycles. The molecule has 0 N–H and O–H groups in total. The summed E-state index contributed by atoms with van der Waals surface area (Å²) in [6.45, 7) is 6.81. The summed E-state index contributed by atoms with van der Waals surface area (Å²) in [6.07, 6.45) is 4.94. The first-order valence-corrected chi connectivity index (χ1v) is 12.6. The summed E-state index contributed by atoms with van der Waals surface area (Å²) in [7, 11) is -3.66. The van der Waals surface area contributed by atoms with Crippen molar-refractivity contribution in [3.8, 4) is 0 Å². The largest absolute Gasteiger partial charge is 0.459 e. The van der Waals surface area contributed by atoms with E-state index in [2.05, 4.69) is 4.98 Å². The van der Waals surface area contributed by atoms with Crippen LogP contribution < -0.4 is 0 Å². The molecule has 0 unspecified atom stereocenters. The predicted molar refractivity (Wildman–Crippen MR) is 121 cm³/mol. The lowest BCUT2D eigenvalue weighted by atomic mass is 10.2. The highest BCUT2D eigenvalue weighted by Crippen LogP contribution is 2.31. The molecule has 1 amide bonds. The minimum atomic E-state index is -3.66. The SMILES string of the molecule is Cc1cccc(CS(=O)(=O)c2ncc(CN(C(=O)c3ccco3)C3CC3)n2CC(C)C)c1. The number of imidazole rings is 1. The molecule has 8 heteroatoms. The quantitative estimate of drug-likeness (QED) is 0.482. The molecule has 0 atom stereocenters. The number of furan rings is 1. The van der Waals surface area contributed by atoms with Gasteiger partial charge in [0, 0.05) is 12.6 Å². The first-order valence-electron chi connectivity index (χ1n) is 10.9. The van der Waals surface area contributed by atoms with Crippen molar-refractivity contribution in [2.75, 3.05) is 0 Å². The minimum Gasteiger partial charge on any atom is -0.459 e. The molecule has 1 fully saturated rings. The van der Waals surface area contributed by atoms with Gasteiger partial charge in [-0.2, -0.15) is 0 Å². The van der Waals surface area contributed by atoms with E-state index in [0.29, 0.717) is 24.5 Å². The van der Waals surface area contributed by atoms with Gasteiger partial charge >= 0.3 is 0 Å². The summed E-state index contributed by atoms with van der Waals surface area (Å²) in [5, 5.41) is 0.0592. The van der Waals surface area contributed by atoms with E-state index in [1.165, 1.54) is 6.26 Å². The Morgan fingerprint density at radius 2 is 2.03 bits per heavy atom. The minimum absolute atomic E-state index is 0.0592. The van der Waals surface area contributed by atoms with Gasteiger partial charge in [-0.15, -0.1) is 0 Å². The standard InChI is InChI=1S/C24H29N3O4S/c1-17(2)14-27-21(15-26(20-9-10-20)23(28)22-8-5-11-31-22)13-25-24(27)32(29,30)16-19-7-4-6-18(3)12-19/h4-8,11-13,17,20H,9-10,14-16H2,1-3H3. The number of sulfone groups is 1. The van der Waals surface area contributed by atoms with Crippen LogP contribution >= 0.6 is 0 Å². The topological polar surface area (TPSA) is 85.4 Å². The number of carbonyl (C=O) groups is 1. The van der Waals surface area contributed by atoms with Crippen molar-refractivity contribution in [2.24, 2.45) is 5.92 Å². The number of hydrogen-bond acceptors (Lipinski definition) is 5. The first kappa shape index (κ1) is 22.3. The van der Waals surface area contributed by atoms with Crippen molar-refractivity contribution in [1.82, 2.24) is 14.5 Å². The number of hydrogen-bond donors (Lipinski definition) is 0. The first-order chi connectivity index (χ1) is 15.2. The molecule has 0 radical (unpaired) electrons. The molecule has 2 heterocycles. The van der Waals surface area contributed by atoms with E-state index < -0.39 is 9.84 Å². The molecular formula is C24H29N3O4S. The number of aryl methyl sites for hydroxylation is 1. The number of benzene rings is 1. The van der Waals surface area contributed by atoms with E-state index in [9.17, 15) is 13.2 Å². The van der Waals surface area contributed by atoms with Crippen molar-refractivity contribution in [2.45, 2.75) is 63.7 Å². The third kappa shape index (κ3) is 4.96. The van der Waals surface area contributed by atoms with Gasteiger partial charge in [0.15, 0.2) is 5.76 Å². The summed E-state index contributed by atoms with van der Waals surface area (Å²) in [5.41, 5.74) is 2.46. The van der Waals surface area contributed by atoms with Crippen LogP contribution in [-0.4, -0.2) is 34.8 Å². The number of carbonyl (C=O) groups excluding carboxylic acids is 1. The van der Waals surface area contributed by atoms with Crippen LogP contribution in [-0.2, 0) is 28.7 Å². The molecular weight excluding hydrogens is 426 g/mol. The van der Waals surface area contributed by atoms with Crippen LogP contribution in [0.5, 0.6) is 0 Å². The van der Waals surface area contributed by atoms with Gasteiger partial charge in [-0.25, -0.2) is 13.4 Å². The van der Waals surface area contributed by atoms with Crippen LogP contribution in [0.15, 0.2) is 58.4 Å². The zero-order chi connectivity index (χ0) is 22.9. The molecule has 7 nitrogen and oxygen atoms in total. The zero-order valence-corrected chi connectivity index (χ0v) is 19.5. The third-order valence-corrected chi connectivity index (χ3v) is 7.07. The second-order valence-electron chi connectivity index (χ2n) is 8.93. The fraction of sp³-hybridized carbons (Fsp3) is 0.417. The van der Waals surface area contributed by atoms with E-state index in [1.54, 1.807) is 27.8 Å². The van der Waals surface area contributed by atoms with E-state index in [1.807, 2.05) is 45.0 Å². The maximum Gasteiger partial charge on any atom is 0.290 e. The van der Waals surface area contributed by atoms with Gasteiger partial charge in [0.05, 0.1) is 30.5 Å². The Morgan fingerprint density at radius 1 is 1.25 bits per heavy atom. The van der Waals surface area contributed by atoms with Gasteiger partial charge in [-0.3, -0.25) is 4.79 Å². The summed E-state index contributed by atoms with van der Waals surface area (Å²) in [6, 6.07) is 11.0. The van der Waals surface area contributed by atoms with Crippen LogP contribution in [0.2, 0.25) is 0 Å². The van der Waals surface area contributed by atoms with Crippen LogP contribution in [0.1, 0.15) is 54.1 Å². The van der Waals surface area contributed by atoms with Crippen LogP contribution in [0, 0.1) is 12.8 Å². The molecule has 1 aliphatic rings. The summed E-state index contributed by atoms with van der Waals surface area (Å²) in [4.78, 5) is 19.1. The van der Waals surface area contributed by atoms with Crippen molar-refractivity contribution < 1.29 is 17.6 Å². The Kier molecular flexibility index (Phi) is 6.24. The predicted octanol–water partition coefficient (Wildman–Crippen LogP) is 4.22. The number of amides is 1.